The average Bonchev–Trinajstić information content (AvgIpc) is 1.96. The van der Waals surface area contributed by atoms with E-state index in [2.05, 4.69) is 4.51 Å². The third-order valence-corrected chi connectivity index (χ3v) is 1.60. The van der Waals surface area contributed by atoms with Crippen LogP contribution in [-0.2, 0) is 4.79 Å². The van der Waals surface area contributed by atoms with E-state index in [9.17, 15) is 13.6 Å². The molecule has 1 amide bonds. The Bertz CT molecular complexity index is 287. The van der Waals surface area contributed by atoms with Crippen LogP contribution in [0.15, 0.2) is 16.4 Å². The molecule has 0 fully saturated rings. The lowest BCUT2D eigenvalue weighted by Gasteiger charge is -2.18. The summed E-state index contributed by atoms with van der Waals surface area (Å²) < 4.78 is 28.2. The predicted molar refractivity (Wildman–Crippen MR) is 40.3 cm³/mol. The maximum absolute atomic E-state index is 12.8. The molecule has 1 aliphatic rings. The molecule has 0 saturated carbocycles. The molecule has 7 heteroatoms. The molecule has 12 heavy (non-hydrogen) atoms. The largest absolute Gasteiger partial charge is 0.303 e. The summed E-state index contributed by atoms with van der Waals surface area (Å²) in [6.45, 7) is 0. The molecule has 1 N–H and O–H groups in total. The Hall–Kier alpha value is -0.680. The summed E-state index contributed by atoms with van der Waals surface area (Å²) in [6, 6.07) is 0. The van der Waals surface area contributed by atoms with Crippen LogP contribution in [0, 0.1) is 0 Å². The number of amidine groups is 1. The van der Waals surface area contributed by atoms with E-state index >= 15 is 0 Å². The van der Waals surface area contributed by atoms with Gasteiger partial charge in [0.25, 0.3) is 11.0 Å². The number of carbonyl (C=O) groups is 1. The third kappa shape index (κ3) is 1.56. The normalized spacial score (nSPS) is 33.2. The molecule has 1 atom stereocenters. The molecular formula is C5H2Cl2F2N2O. The molecule has 0 aromatic carbocycles. The van der Waals surface area contributed by atoms with Gasteiger partial charge in [-0.05, 0) is 0 Å². The average molecular weight is 215 g/mol. The summed E-state index contributed by atoms with van der Waals surface area (Å²) in [4.78, 5) is 10.7. The third-order valence-electron chi connectivity index (χ3n) is 1.15. The van der Waals surface area contributed by atoms with Gasteiger partial charge in [0.1, 0.15) is 0 Å². The molecule has 0 bridgehead atoms. The van der Waals surface area contributed by atoms with E-state index < -0.39 is 22.7 Å². The van der Waals surface area contributed by atoms with E-state index in [1.165, 1.54) is 0 Å². The van der Waals surface area contributed by atoms with Crippen LogP contribution in [0.4, 0.5) is 8.78 Å². The molecule has 3 nitrogen and oxygen atoms in total. The van der Waals surface area contributed by atoms with Crippen molar-refractivity contribution in [1.82, 2.24) is 5.32 Å². The maximum atomic E-state index is 12.8. The fourth-order valence-corrected chi connectivity index (χ4v) is 0.871. The van der Waals surface area contributed by atoms with Crippen LogP contribution >= 0.6 is 23.4 Å². The number of amides is 1. The van der Waals surface area contributed by atoms with E-state index in [1.807, 2.05) is 0 Å². The van der Waals surface area contributed by atoms with Gasteiger partial charge in [0, 0.05) is 17.9 Å². The van der Waals surface area contributed by atoms with Crippen molar-refractivity contribution in [2.24, 2.45) is 4.51 Å². The number of hydrogen-bond donors (Lipinski definition) is 1. The monoisotopic (exact) mass is 214 g/mol. The number of hydrogen-bond acceptors (Lipinski definition) is 2. The number of carbonyl (C=O) groups excluding carboxylic acids is 1. The van der Waals surface area contributed by atoms with Crippen LogP contribution in [0.3, 0.4) is 0 Å². The second-order valence-corrected chi connectivity index (χ2v) is 2.72. The van der Waals surface area contributed by atoms with E-state index in [0.717, 1.165) is 0 Å². The first-order chi connectivity index (χ1) is 5.47. The first-order valence-electron chi connectivity index (χ1n) is 2.74. The minimum absolute atomic E-state index is 0.286. The van der Waals surface area contributed by atoms with E-state index in [4.69, 9.17) is 23.4 Å². The Balaban J connectivity index is 3.08. The fraction of sp³-hybridized carbons (Fsp3) is 0.200. The highest BCUT2D eigenvalue weighted by molar-refractivity contribution is 6.38. The molecular weight excluding hydrogens is 213 g/mol. The quantitative estimate of drug-likeness (QED) is 0.610. The first kappa shape index (κ1) is 9.41. The zero-order valence-electron chi connectivity index (χ0n) is 5.44. The van der Waals surface area contributed by atoms with E-state index in [-0.39, 0.29) is 6.08 Å². The van der Waals surface area contributed by atoms with Gasteiger partial charge in [-0.1, -0.05) is 11.6 Å². The van der Waals surface area contributed by atoms with Crippen LogP contribution in [0.1, 0.15) is 0 Å². The van der Waals surface area contributed by atoms with Crippen LogP contribution in [0.2, 0.25) is 0 Å². The molecule has 0 radical (unpaired) electrons. The van der Waals surface area contributed by atoms with Gasteiger partial charge in [-0.15, -0.1) is 0 Å². The number of rotatable bonds is 0. The van der Waals surface area contributed by atoms with Crippen LogP contribution in [0.5, 0.6) is 0 Å². The Morgan fingerprint density at radius 1 is 1.67 bits per heavy atom. The van der Waals surface area contributed by atoms with Gasteiger partial charge in [0.05, 0.1) is 0 Å². The molecule has 0 spiro atoms. The maximum Gasteiger partial charge on any atom is 0.283 e. The van der Waals surface area contributed by atoms with Crippen molar-refractivity contribution in [1.29, 1.82) is 0 Å². The van der Waals surface area contributed by atoms with E-state index in [1.54, 1.807) is 5.32 Å². The Morgan fingerprint density at radius 3 is 2.75 bits per heavy atom. The molecule has 1 unspecified atom stereocenters. The molecule has 0 aromatic rings. The van der Waals surface area contributed by atoms with Crippen LogP contribution < -0.4 is 5.32 Å². The first-order valence-corrected chi connectivity index (χ1v) is 3.46. The topological polar surface area (TPSA) is 41.5 Å². The van der Waals surface area contributed by atoms with Gasteiger partial charge >= 0.3 is 0 Å². The van der Waals surface area contributed by atoms with Crippen molar-refractivity contribution in [2.75, 3.05) is 0 Å². The van der Waals surface area contributed by atoms with Gasteiger partial charge in [0.2, 0.25) is 0 Å². The molecule has 1 aliphatic heterocycles. The summed E-state index contributed by atoms with van der Waals surface area (Å²) in [5.41, 5.74) is 0. The molecule has 0 saturated heterocycles. The molecule has 1 heterocycles. The molecule has 1 rings (SSSR count). The summed E-state index contributed by atoms with van der Waals surface area (Å²) in [6.07, 6.45) is 0.286. The van der Waals surface area contributed by atoms with Crippen LogP contribution in [0.25, 0.3) is 0 Å². The zero-order chi connectivity index (χ0) is 9.35. The standard InChI is InChI=1S/C5H2Cl2F2N2O/c6-5(9)1-2(8)3(11-7)10-4(5)12/h1H,(H,10,11,12). The van der Waals surface area contributed by atoms with Crippen molar-refractivity contribution >= 4 is 35.1 Å². The Kier molecular flexibility index (Phi) is 2.34. The lowest BCUT2D eigenvalue weighted by molar-refractivity contribution is -0.125. The van der Waals surface area contributed by atoms with Gasteiger partial charge in [-0.3, -0.25) is 4.79 Å². The number of nitrogens with one attached hydrogen (secondary N) is 1. The number of halogens is 4. The van der Waals surface area contributed by atoms with Gasteiger partial charge < -0.3 is 5.32 Å². The molecule has 0 aliphatic carbocycles. The second-order valence-electron chi connectivity index (χ2n) is 2.00. The zero-order valence-corrected chi connectivity index (χ0v) is 6.96. The number of nitrogens with zero attached hydrogens (tertiary/aromatic N) is 1. The SMILES string of the molecule is O=C1N/C(=N\Cl)C(F)=CC1(F)Cl. The summed E-state index contributed by atoms with van der Waals surface area (Å²) in [7, 11) is 0. The smallest absolute Gasteiger partial charge is 0.283 e. The minimum atomic E-state index is -2.87. The van der Waals surface area contributed by atoms with Crippen molar-refractivity contribution < 1.29 is 13.6 Å². The Labute approximate surface area is 76.2 Å². The highest BCUT2D eigenvalue weighted by atomic mass is 35.5. The van der Waals surface area contributed by atoms with Crippen LogP contribution in [-0.4, -0.2) is 16.9 Å². The van der Waals surface area contributed by atoms with Crippen molar-refractivity contribution in [3.8, 4) is 0 Å². The second kappa shape index (κ2) is 2.99. The van der Waals surface area contributed by atoms with Crippen molar-refractivity contribution in [3.05, 3.63) is 11.9 Å². The molecule has 66 valence electrons. The lowest BCUT2D eigenvalue weighted by Crippen LogP contribution is -2.45. The lowest BCUT2D eigenvalue weighted by atomic mass is 10.2. The van der Waals surface area contributed by atoms with Gasteiger partial charge in [-0.2, -0.15) is 4.51 Å². The van der Waals surface area contributed by atoms with Crippen molar-refractivity contribution in [3.63, 3.8) is 0 Å². The fourth-order valence-electron chi connectivity index (χ4n) is 0.605. The minimum Gasteiger partial charge on any atom is -0.303 e. The van der Waals surface area contributed by atoms with Gasteiger partial charge in [-0.25, -0.2) is 8.78 Å². The van der Waals surface area contributed by atoms with Gasteiger partial charge in [0.15, 0.2) is 11.7 Å². The summed E-state index contributed by atoms with van der Waals surface area (Å²) in [5, 5.41) is -1.13. The van der Waals surface area contributed by atoms with Crippen molar-refractivity contribution in [2.45, 2.75) is 5.13 Å². The highest BCUT2D eigenvalue weighted by Gasteiger charge is 2.40. The highest BCUT2D eigenvalue weighted by Crippen LogP contribution is 2.25. The Morgan fingerprint density at radius 2 is 2.25 bits per heavy atom. The summed E-state index contributed by atoms with van der Waals surface area (Å²) >= 11 is 9.81. The number of alkyl halides is 2. The van der Waals surface area contributed by atoms with E-state index in [0.29, 0.717) is 0 Å². The predicted octanol–water partition coefficient (Wildman–Crippen LogP) is 1.43. The summed E-state index contributed by atoms with van der Waals surface area (Å²) in [5.74, 6) is -2.87. The molecule has 0 aromatic heterocycles.